The van der Waals surface area contributed by atoms with E-state index in [4.69, 9.17) is 0 Å². The van der Waals surface area contributed by atoms with Gasteiger partial charge >= 0.3 is 5.51 Å². The first kappa shape index (κ1) is 14.7. The second-order valence-electron chi connectivity index (χ2n) is 4.18. The molecule has 0 bridgehead atoms. The molecule has 0 atom stereocenters. The molecule has 0 unspecified atom stereocenters. The lowest BCUT2D eigenvalue weighted by atomic mass is 10.2. The van der Waals surface area contributed by atoms with Crippen LogP contribution in [0.3, 0.4) is 0 Å². The fourth-order valence-electron chi connectivity index (χ4n) is 1.68. The molecule has 0 saturated heterocycles. The molecule has 2 rings (SSSR count). The Bertz CT molecular complexity index is 567. The zero-order chi connectivity index (χ0) is 14.6. The number of anilines is 1. The number of nitrogens with zero attached hydrogens (tertiary/aromatic N) is 1. The zero-order valence-corrected chi connectivity index (χ0v) is 11.6. The topological polar surface area (TPSA) is 24.9 Å². The molecule has 0 amide bonds. The first-order valence-corrected chi connectivity index (χ1v) is 6.76. The number of hydrogen-bond donors (Lipinski definition) is 1. The number of benzene rings is 1. The average molecular weight is 298 g/mol. The normalized spacial score (nSPS) is 11.4. The Balaban J connectivity index is 1.96. The predicted molar refractivity (Wildman–Crippen MR) is 74.7 cm³/mol. The largest absolute Gasteiger partial charge is 0.446 e. The van der Waals surface area contributed by atoms with Gasteiger partial charge in [0.2, 0.25) is 0 Å². The standard InChI is InChI=1S/C14H13F3N2S/c1-10-13(3-2-8-18-10)19-9-11-4-6-12(7-5-11)20-14(15,16)17/h2-8,19H,9H2,1H3. The lowest BCUT2D eigenvalue weighted by molar-refractivity contribution is -0.0328. The number of hydrogen-bond acceptors (Lipinski definition) is 3. The Morgan fingerprint density at radius 2 is 1.85 bits per heavy atom. The van der Waals surface area contributed by atoms with Crippen LogP contribution in [0.25, 0.3) is 0 Å². The lowest BCUT2D eigenvalue weighted by Gasteiger charge is -2.09. The lowest BCUT2D eigenvalue weighted by Crippen LogP contribution is -2.02. The molecule has 0 spiro atoms. The van der Waals surface area contributed by atoms with Gasteiger partial charge in [0.05, 0.1) is 11.4 Å². The molecule has 20 heavy (non-hydrogen) atoms. The van der Waals surface area contributed by atoms with Crippen LogP contribution in [0.4, 0.5) is 18.9 Å². The highest BCUT2D eigenvalue weighted by Gasteiger charge is 2.28. The van der Waals surface area contributed by atoms with E-state index in [0.29, 0.717) is 6.54 Å². The Hall–Kier alpha value is -1.69. The zero-order valence-electron chi connectivity index (χ0n) is 10.7. The molecule has 6 heteroatoms. The molecule has 1 aromatic heterocycles. The Morgan fingerprint density at radius 1 is 1.15 bits per heavy atom. The van der Waals surface area contributed by atoms with Crippen LogP contribution in [0.5, 0.6) is 0 Å². The van der Waals surface area contributed by atoms with Gasteiger partial charge < -0.3 is 5.32 Å². The van der Waals surface area contributed by atoms with Crippen LogP contribution in [0.15, 0.2) is 47.5 Å². The fourth-order valence-corrected chi connectivity index (χ4v) is 2.22. The molecule has 2 aromatic rings. The third-order valence-electron chi connectivity index (χ3n) is 2.65. The van der Waals surface area contributed by atoms with Gasteiger partial charge in [-0.05, 0) is 48.5 Å². The number of pyridine rings is 1. The third kappa shape index (κ3) is 4.45. The molecular formula is C14H13F3N2S. The van der Waals surface area contributed by atoms with Crippen molar-refractivity contribution in [3.8, 4) is 0 Å². The molecule has 0 aliphatic rings. The van der Waals surface area contributed by atoms with E-state index in [0.717, 1.165) is 16.9 Å². The van der Waals surface area contributed by atoms with Crippen LogP contribution in [-0.4, -0.2) is 10.5 Å². The van der Waals surface area contributed by atoms with Gasteiger partial charge in [-0.1, -0.05) is 12.1 Å². The average Bonchev–Trinajstić information content (AvgIpc) is 2.38. The van der Waals surface area contributed by atoms with Crippen LogP contribution >= 0.6 is 11.8 Å². The maximum atomic E-state index is 12.2. The van der Waals surface area contributed by atoms with Crippen molar-refractivity contribution in [2.45, 2.75) is 23.9 Å². The van der Waals surface area contributed by atoms with Gasteiger partial charge in [0.1, 0.15) is 0 Å². The molecule has 0 fully saturated rings. The fraction of sp³-hybridized carbons (Fsp3) is 0.214. The Morgan fingerprint density at radius 3 is 2.45 bits per heavy atom. The third-order valence-corrected chi connectivity index (χ3v) is 3.39. The first-order chi connectivity index (χ1) is 9.44. The summed E-state index contributed by atoms with van der Waals surface area (Å²) in [5.74, 6) is 0. The number of aryl methyl sites for hydroxylation is 1. The summed E-state index contributed by atoms with van der Waals surface area (Å²) in [4.78, 5) is 4.35. The molecule has 1 N–H and O–H groups in total. The molecule has 106 valence electrons. The van der Waals surface area contributed by atoms with Crippen LogP contribution in [0, 0.1) is 6.92 Å². The minimum absolute atomic E-state index is 0.104. The summed E-state index contributed by atoms with van der Waals surface area (Å²) >= 11 is -0.104. The van der Waals surface area contributed by atoms with E-state index in [1.54, 1.807) is 18.3 Å². The van der Waals surface area contributed by atoms with Gasteiger partial charge in [-0.3, -0.25) is 4.98 Å². The monoisotopic (exact) mass is 298 g/mol. The highest BCUT2D eigenvalue weighted by atomic mass is 32.2. The smallest absolute Gasteiger partial charge is 0.380 e. The molecular weight excluding hydrogens is 285 g/mol. The predicted octanol–water partition coefficient (Wildman–Crippen LogP) is 4.61. The summed E-state index contributed by atoms with van der Waals surface area (Å²) in [5, 5.41) is 3.21. The number of rotatable bonds is 4. The molecule has 0 aliphatic heterocycles. The van der Waals surface area contributed by atoms with Gasteiger partial charge in [-0.2, -0.15) is 13.2 Å². The maximum Gasteiger partial charge on any atom is 0.446 e. The van der Waals surface area contributed by atoms with Gasteiger partial charge in [0.25, 0.3) is 0 Å². The van der Waals surface area contributed by atoms with Crippen LogP contribution in [0.1, 0.15) is 11.3 Å². The summed E-state index contributed by atoms with van der Waals surface area (Å²) in [6.45, 7) is 2.44. The van der Waals surface area contributed by atoms with E-state index in [1.165, 1.54) is 12.1 Å². The molecule has 0 aliphatic carbocycles. The van der Waals surface area contributed by atoms with Gasteiger partial charge in [0.15, 0.2) is 0 Å². The number of halogens is 3. The minimum atomic E-state index is -4.24. The van der Waals surface area contributed by atoms with Crippen molar-refractivity contribution in [1.82, 2.24) is 4.98 Å². The number of thioether (sulfide) groups is 1. The summed E-state index contributed by atoms with van der Waals surface area (Å²) in [6.07, 6.45) is 1.71. The quantitative estimate of drug-likeness (QED) is 0.834. The van der Waals surface area contributed by atoms with Crippen molar-refractivity contribution in [3.63, 3.8) is 0 Å². The van der Waals surface area contributed by atoms with Crippen molar-refractivity contribution < 1.29 is 13.2 Å². The van der Waals surface area contributed by atoms with E-state index in [1.807, 2.05) is 19.1 Å². The van der Waals surface area contributed by atoms with E-state index in [2.05, 4.69) is 10.3 Å². The molecule has 1 heterocycles. The molecule has 2 nitrogen and oxygen atoms in total. The summed E-state index contributed by atoms with van der Waals surface area (Å²) in [6, 6.07) is 10.1. The number of aromatic nitrogens is 1. The highest BCUT2D eigenvalue weighted by Crippen LogP contribution is 2.36. The summed E-state index contributed by atoms with van der Waals surface area (Å²) in [7, 11) is 0. The van der Waals surface area contributed by atoms with Crippen molar-refractivity contribution >= 4 is 17.4 Å². The van der Waals surface area contributed by atoms with E-state index in [9.17, 15) is 13.2 Å². The second kappa shape index (κ2) is 6.17. The van der Waals surface area contributed by atoms with Crippen LogP contribution in [-0.2, 0) is 6.54 Å². The minimum Gasteiger partial charge on any atom is -0.380 e. The van der Waals surface area contributed by atoms with Crippen molar-refractivity contribution in [2.75, 3.05) is 5.32 Å². The van der Waals surface area contributed by atoms with Gasteiger partial charge in [0, 0.05) is 17.6 Å². The van der Waals surface area contributed by atoms with E-state index < -0.39 is 5.51 Å². The van der Waals surface area contributed by atoms with Crippen LogP contribution in [0.2, 0.25) is 0 Å². The Kier molecular flexibility index (Phi) is 4.54. The SMILES string of the molecule is Cc1ncccc1NCc1ccc(SC(F)(F)F)cc1. The first-order valence-electron chi connectivity index (χ1n) is 5.94. The van der Waals surface area contributed by atoms with Crippen molar-refractivity contribution in [3.05, 3.63) is 53.9 Å². The maximum absolute atomic E-state index is 12.2. The molecule has 1 aromatic carbocycles. The van der Waals surface area contributed by atoms with E-state index in [-0.39, 0.29) is 16.7 Å². The van der Waals surface area contributed by atoms with Crippen molar-refractivity contribution in [1.29, 1.82) is 0 Å². The summed E-state index contributed by atoms with van der Waals surface area (Å²) < 4.78 is 36.6. The Labute approximate surface area is 119 Å². The van der Waals surface area contributed by atoms with Gasteiger partial charge in [-0.25, -0.2) is 0 Å². The summed E-state index contributed by atoms with van der Waals surface area (Å²) in [5.41, 5.74) is -1.52. The van der Waals surface area contributed by atoms with E-state index >= 15 is 0 Å². The van der Waals surface area contributed by atoms with Gasteiger partial charge in [-0.15, -0.1) is 0 Å². The van der Waals surface area contributed by atoms with Crippen molar-refractivity contribution in [2.24, 2.45) is 0 Å². The molecule has 0 saturated carbocycles. The number of nitrogens with one attached hydrogen (secondary N) is 1. The molecule has 0 radical (unpaired) electrons. The van der Waals surface area contributed by atoms with Crippen LogP contribution < -0.4 is 5.32 Å². The number of alkyl halides is 3. The second-order valence-corrected chi connectivity index (χ2v) is 5.32. The highest BCUT2D eigenvalue weighted by molar-refractivity contribution is 8.00.